The third-order valence-corrected chi connectivity index (χ3v) is 3.36. The fourth-order valence-electron chi connectivity index (χ4n) is 2.04. The Morgan fingerprint density at radius 3 is 2.43 bits per heavy atom. The van der Waals surface area contributed by atoms with Gasteiger partial charge in [0.25, 0.3) is 0 Å². The van der Waals surface area contributed by atoms with Crippen LogP contribution in [0.5, 0.6) is 17.2 Å². The van der Waals surface area contributed by atoms with Gasteiger partial charge in [-0.3, -0.25) is 4.79 Å². The van der Waals surface area contributed by atoms with Crippen LogP contribution in [-0.4, -0.2) is 19.5 Å². The first-order valence-electron chi connectivity index (χ1n) is 6.52. The number of halogens is 1. The second-order valence-corrected chi connectivity index (χ2v) is 5.00. The summed E-state index contributed by atoms with van der Waals surface area (Å²) < 4.78 is 16.6. The Labute approximate surface area is 127 Å². The average molecular weight is 305 g/mol. The maximum absolute atomic E-state index is 11.2. The minimum atomic E-state index is 0.345. The topological polar surface area (TPSA) is 44.8 Å². The third kappa shape index (κ3) is 3.11. The van der Waals surface area contributed by atoms with Crippen LogP contribution in [-0.2, 0) is 6.61 Å². The van der Waals surface area contributed by atoms with Crippen molar-refractivity contribution >= 4 is 17.9 Å². The zero-order chi connectivity index (χ0) is 14.7. The number of hydrogen-bond donors (Lipinski definition) is 0. The summed E-state index contributed by atoms with van der Waals surface area (Å²) in [7, 11) is 0. The molecular weight excluding hydrogens is 292 g/mol. The zero-order valence-electron chi connectivity index (χ0n) is 11.2. The lowest BCUT2D eigenvalue weighted by Crippen LogP contribution is -2.15. The molecule has 0 aliphatic carbocycles. The summed E-state index contributed by atoms with van der Waals surface area (Å²) in [5.74, 6) is 1.64. The van der Waals surface area contributed by atoms with E-state index in [9.17, 15) is 4.79 Å². The molecule has 0 amide bonds. The Hall–Kier alpha value is -2.20. The van der Waals surface area contributed by atoms with E-state index in [1.165, 1.54) is 0 Å². The molecule has 0 spiro atoms. The molecule has 108 valence electrons. The molecule has 0 aromatic heterocycles. The van der Waals surface area contributed by atoms with Gasteiger partial charge >= 0.3 is 0 Å². The predicted octanol–water partition coefficient (Wildman–Crippen LogP) is 3.50. The highest BCUT2D eigenvalue weighted by atomic mass is 35.5. The van der Waals surface area contributed by atoms with E-state index in [2.05, 4.69) is 0 Å². The van der Waals surface area contributed by atoms with Crippen LogP contribution in [0.1, 0.15) is 15.9 Å². The number of hydrogen-bond acceptors (Lipinski definition) is 4. The first-order valence-corrected chi connectivity index (χ1v) is 6.90. The first kappa shape index (κ1) is 13.8. The van der Waals surface area contributed by atoms with Crippen molar-refractivity contribution < 1.29 is 19.0 Å². The number of ether oxygens (including phenoxy) is 3. The highest BCUT2D eigenvalue weighted by molar-refractivity contribution is 6.30. The number of carbonyl (C=O) groups is 1. The maximum atomic E-state index is 11.2. The van der Waals surface area contributed by atoms with E-state index in [0.29, 0.717) is 47.7 Å². The second-order valence-electron chi connectivity index (χ2n) is 4.57. The lowest BCUT2D eigenvalue weighted by atomic mass is 10.2. The van der Waals surface area contributed by atoms with E-state index in [-0.39, 0.29) is 0 Å². The molecule has 3 rings (SSSR count). The van der Waals surface area contributed by atoms with Crippen molar-refractivity contribution in [1.29, 1.82) is 0 Å². The molecule has 0 saturated carbocycles. The van der Waals surface area contributed by atoms with Gasteiger partial charge < -0.3 is 14.2 Å². The van der Waals surface area contributed by atoms with E-state index >= 15 is 0 Å². The van der Waals surface area contributed by atoms with Gasteiger partial charge in [0.05, 0.1) is 5.56 Å². The average Bonchev–Trinajstić information content (AvgIpc) is 2.53. The lowest BCUT2D eigenvalue weighted by molar-refractivity contribution is 0.111. The normalized spacial score (nSPS) is 12.8. The van der Waals surface area contributed by atoms with E-state index in [1.54, 1.807) is 24.3 Å². The molecule has 0 saturated heterocycles. The Morgan fingerprint density at radius 1 is 1.10 bits per heavy atom. The van der Waals surface area contributed by atoms with Crippen molar-refractivity contribution in [1.82, 2.24) is 0 Å². The smallest absolute Gasteiger partial charge is 0.165 e. The van der Waals surface area contributed by atoms with Gasteiger partial charge in [-0.2, -0.15) is 0 Å². The standard InChI is InChI=1S/C16H13ClO4/c17-13-3-1-11(2-4-13)10-21-14-8-16-15(7-12(14)9-18)19-5-6-20-16/h1-4,7-9H,5-6,10H2. The number of benzene rings is 2. The van der Waals surface area contributed by atoms with Crippen molar-refractivity contribution in [3.8, 4) is 17.2 Å². The van der Waals surface area contributed by atoms with E-state index in [1.807, 2.05) is 12.1 Å². The monoisotopic (exact) mass is 304 g/mol. The molecular formula is C16H13ClO4. The van der Waals surface area contributed by atoms with Crippen molar-refractivity contribution in [2.24, 2.45) is 0 Å². The third-order valence-electron chi connectivity index (χ3n) is 3.11. The second kappa shape index (κ2) is 6.06. The molecule has 4 nitrogen and oxygen atoms in total. The highest BCUT2D eigenvalue weighted by Crippen LogP contribution is 2.36. The van der Waals surface area contributed by atoms with Crippen LogP contribution >= 0.6 is 11.6 Å². The Balaban J connectivity index is 1.80. The van der Waals surface area contributed by atoms with Gasteiger partial charge in [-0.25, -0.2) is 0 Å². The summed E-state index contributed by atoms with van der Waals surface area (Å²) in [4.78, 5) is 11.2. The molecule has 0 radical (unpaired) electrons. The molecule has 5 heteroatoms. The van der Waals surface area contributed by atoms with Crippen molar-refractivity contribution in [2.75, 3.05) is 13.2 Å². The van der Waals surface area contributed by atoms with Crippen LogP contribution in [0.3, 0.4) is 0 Å². The molecule has 0 unspecified atom stereocenters. The van der Waals surface area contributed by atoms with Crippen LogP contribution in [0.2, 0.25) is 5.02 Å². The molecule has 2 aromatic carbocycles. The fraction of sp³-hybridized carbons (Fsp3) is 0.188. The predicted molar refractivity (Wildman–Crippen MR) is 78.6 cm³/mol. The fourth-order valence-corrected chi connectivity index (χ4v) is 2.17. The van der Waals surface area contributed by atoms with Crippen molar-refractivity contribution in [3.63, 3.8) is 0 Å². The van der Waals surface area contributed by atoms with Gasteiger partial charge in [0, 0.05) is 11.1 Å². The molecule has 21 heavy (non-hydrogen) atoms. The van der Waals surface area contributed by atoms with Crippen LogP contribution in [0.25, 0.3) is 0 Å². The number of aldehydes is 1. The van der Waals surface area contributed by atoms with Gasteiger partial charge in [-0.1, -0.05) is 23.7 Å². The minimum absolute atomic E-state index is 0.345. The van der Waals surface area contributed by atoms with E-state index in [0.717, 1.165) is 11.8 Å². The summed E-state index contributed by atoms with van der Waals surface area (Å²) in [5, 5.41) is 0.673. The van der Waals surface area contributed by atoms with E-state index < -0.39 is 0 Å². The Bertz CT molecular complexity index is 652. The van der Waals surface area contributed by atoms with Crippen molar-refractivity contribution in [2.45, 2.75) is 6.61 Å². The zero-order valence-corrected chi connectivity index (χ0v) is 11.9. The molecule has 0 bridgehead atoms. The molecule has 1 aliphatic rings. The summed E-state index contributed by atoms with van der Waals surface area (Å²) in [6.07, 6.45) is 0.745. The Morgan fingerprint density at radius 2 is 1.76 bits per heavy atom. The first-order chi connectivity index (χ1) is 10.3. The SMILES string of the molecule is O=Cc1cc2c(cc1OCc1ccc(Cl)cc1)OCCO2. The number of fused-ring (bicyclic) bond motifs is 1. The summed E-state index contributed by atoms with van der Waals surface area (Å²) >= 11 is 5.84. The van der Waals surface area contributed by atoms with Crippen molar-refractivity contribution in [3.05, 3.63) is 52.5 Å². The summed E-state index contributed by atoms with van der Waals surface area (Å²) in [6.45, 7) is 1.32. The van der Waals surface area contributed by atoms with Crippen LogP contribution < -0.4 is 14.2 Å². The van der Waals surface area contributed by atoms with Crippen LogP contribution in [0.15, 0.2) is 36.4 Å². The van der Waals surface area contributed by atoms with E-state index in [4.69, 9.17) is 25.8 Å². The number of carbonyl (C=O) groups excluding carboxylic acids is 1. The maximum Gasteiger partial charge on any atom is 0.165 e. The molecule has 0 fully saturated rings. The van der Waals surface area contributed by atoms with Gasteiger partial charge in [0.2, 0.25) is 0 Å². The van der Waals surface area contributed by atoms with Gasteiger partial charge in [0.1, 0.15) is 25.6 Å². The Kier molecular flexibility index (Phi) is 3.97. The van der Waals surface area contributed by atoms with Gasteiger partial charge in [0.15, 0.2) is 17.8 Å². The lowest BCUT2D eigenvalue weighted by Gasteiger charge is -2.20. The number of rotatable bonds is 4. The quantitative estimate of drug-likeness (QED) is 0.811. The minimum Gasteiger partial charge on any atom is -0.488 e. The van der Waals surface area contributed by atoms with Crippen LogP contribution in [0.4, 0.5) is 0 Å². The van der Waals surface area contributed by atoms with Gasteiger partial charge in [-0.05, 0) is 23.8 Å². The largest absolute Gasteiger partial charge is 0.488 e. The molecule has 1 aliphatic heterocycles. The molecule has 2 aromatic rings. The summed E-state index contributed by atoms with van der Waals surface area (Å²) in [6, 6.07) is 10.7. The van der Waals surface area contributed by atoms with Gasteiger partial charge in [-0.15, -0.1) is 0 Å². The molecule has 1 heterocycles. The highest BCUT2D eigenvalue weighted by Gasteiger charge is 2.16. The van der Waals surface area contributed by atoms with Crippen LogP contribution in [0, 0.1) is 0 Å². The molecule has 0 N–H and O–H groups in total. The molecule has 0 atom stereocenters. The summed E-state index contributed by atoms with van der Waals surface area (Å²) in [5.41, 5.74) is 1.40.